The van der Waals surface area contributed by atoms with Crippen LogP contribution in [0.1, 0.15) is 27.2 Å². The summed E-state index contributed by atoms with van der Waals surface area (Å²) in [4.78, 5) is 35.4. The Morgan fingerprint density at radius 3 is 1.64 bits per heavy atom. The van der Waals surface area contributed by atoms with E-state index in [0.717, 1.165) is 0 Å². The molecule has 0 aromatic heterocycles. The summed E-state index contributed by atoms with van der Waals surface area (Å²) in [6.45, 7) is 10.0. The third kappa shape index (κ3) is 7.94. The molecule has 0 radical (unpaired) electrons. The topological polar surface area (TPSA) is 133 Å². The molecule has 25 heavy (non-hydrogen) atoms. The van der Waals surface area contributed by atoms with E-state index >= 15 is 0 Å². The molecule has 0 heterocycles. The van der Waals surface area contributed by atoms with Crippen molar-refractivity contribution in [1.82, 2.24) is 0 Å². The van der Waals surface area contributed by atoms with Gasteiger partial charge in [0, 0.05) is 11.1 Å². The summed E-state index contributed by atoms with van der Waals surface area (Å²) in [5, 5.41) is 0. The van der Waals surface area contributed by atoms with E-state index in [2.05, 4.69) is 17.9 Å². The highest BCUT2D eigenvalue weighted by Gasteiger charge is 2.42. The second-order valence-electron chi connectivity index (χ2n) is 5.48. The maximum absolute atomic E-state index is 12.3. The molecule has 0 saturated heterocycles. The van der Waals surface area contributed by atoms with E-state index in [9.17, 15) is 22.8 Å². The number of carbonyl (C=O) groups is 3. The van der Waals surface area contributed by atoms with E-state index in [1.807, 2.05) is 0 Å². The average molecular weight is 378 g/mol. The second kappa shape index (κ2) is 9.33. The Kier molecular flexibility index (Phi) is 8.51. The van der Waals surface area contributed by atoms with Crippen LogP contribution in [0.15, 0.2) is 24.3 Å². The average Bonchev–Trinajstić information content (AvgIpc) is 2.51. The van der Waals surface area contributed by atoms with Gasteiger partial charge in [-0.1, -0.05) is 20.1 Å². The number of rotatable bonds is 10. The summed E-state index contributed by atoms with van der Waals surface area (Å²) in [7, 11) is -4.56. The maximum Gasteiger partial charge on any atom is 0.333 e. The fourth-order valence-electron chi connectivity index (χ4n) is 1.44. The van der Waals surface area contributed by atoms with Crippen LogP contribution < -0.4 is 0 Å². The van der Waals surface area contributed by atoms with E-state index in [4.69, 9.17) is 14.0 Å². The Morgan fingerprint density at radius 2 is 1.36 bits per heavy atom. The van der Waals surface area contributed by atoms with Crippen LogP contribution >= 0.6 is 0 Å². The van der Waals surface area contributed by atoms with E-state index in [-0.39, 0.29) is 17.6 Å². The number of hydrogen-bond acceptors (Lipinski definition) is 8. The molecule has 0 bridgehead atoms. The van der Waals surface area contributed by atoms with Crippen molar-refractivity contribution in [3.05, 3.63) is 24.3 Å². The van der Waals surface area contributed by atoms with Crippen LogP contribution in [0.5, 0.6) is 0 Å². The quantitative estimate of drug-likeness (QED) is 0.256. The molecular formula is C15H22O9S. The summed E-state index contributed by atoms with van der Waals surface area (Å²) in [6.07, 6.45) is -0.00967. The number of hydrogen-bond donors (Lipinski definition) is 1. The first-order valence-corrected chi connectivity index (χ1v) is 8.73. The van der Waals surface area contributed by atoms with Gasteiger partial charge in [-0.05, 0) is 20.3 Å². The van der Waals surface area contributed by atoms with Crippen LogP contribution in [0.4, 0.5) is 0 Å². The zero-order valence-electron chi connectivity index (χ0n) is 14.4. The molecule has 9 nitrogen and oxygen atoms in total. The first-order chi connectivity index (χ1) is 11.3. The summed E-state index contributed by atoms with van der Waals surface area (Å²) < 4.78 is 44.6. The molecule has 10 heteroatoms. The van der Waals surface area contributed by atoms with Crippen molar-refractivity contribution >= 4 is 28.0 Å². The lowest BCUT2D eigenvalue weighted by Gasteiger charge is -2.29. The SMILES string of the molecule is C=C(C)C(=O)OCC(CC)(COC(=O)C(=C)C)C(=O)OCS(=O)(=O)O. The van der Waals surface area contributed by atoms with Gasteiger partial charge in [0.15, 0.2) is 0 Å². The van der Waals surface area contributed by atoms with E-state index in [1.165, 1.54) is 20.8 Å². The third-order valence-electron chi connectivity index (χ3n) is 3.10. The Balaban J connectivity index is 5.37. The fraction of sp³-hybridized carbons (Fsp3) is 0.533. The first-order valence-electron chi connectivity index (χ1n) is 7.12. The maximum atomic E-state index is 12.3. The molecule has 142 valence electrons. The molecule has 0 aromatic carbocycles. The van der Waals surface area contributed by atoms with Gasteiger partial charge in [-0.3, -0.25) is 9.35 Å². The highest BCUT2D eigenvalue weighted by molar-refractivity contribution is 7.85. The van der Waals surface area contributed by atoms with Crippen molar-refractivity contribution in [2.24, 2.45) is 5.41 Å². The predicted octanol–water partition coefficient (Wildman–Crippen LogP) is 1.01. The van der Waals surface area contributed by atoms with Crippen LogP contribution in [0, 0.1) is 5.41 Å². The fourth-order valence-corrected chi connectivity index (χ4v) is 1.70. The summed E-state index contributed by atoms with van der Waals surface area (Å²) in [6, 6.07) is 0. The number of ether oxygens (including phenoxy) is 3. The molecule has 0 unspecified atom stereocenters. The molecule has 0 rings (SSSR count). The zero-order valence-corrected chi connectivity index (χ0v) is 15.2. The van der Waals surface area contributed by atoms with Gasteiger partial charge in [-0.15, -0.1) is 0 Å². The molecule has 1 N–H and O–H groups in total. The Hall–Kier alpha value is -2.20. The highest BCUT2D eigenvalue weighted by Crippen LogP contribution is 2.26. The Bertz CT molecular complexity index is 630. The van der Waals surface area contributed by atoms with Gasteiger partial charge >= 0.3 is 28.0 Å². The van der Waals surface area contributed by atoms with Crippen LogP contribution in [0.25, 0.3) is 0 Å². The minimum atomic E-state index is -4.56. The van der Waals surface area contributed by atoms with Crippen molar-refractivity contribution in [2.75, 3.05) is 19.2 Å². The van der Waals surface area contributed by atoms with E-state index in [1.54, 1.807) is 0 Å². The minimum absolute atomic E-state index is 0.00967. The highest BCUT2D eigenvalue weighted by atomic mass is 32.2. The van der Waals surface area contributed by atoms with Crippen molar-refractivity contribution in [2.45, 2.75) is 27.2 Å². The number of esters is 3. The van der Waals surface area contributed by atoms with Crippen molar-refractivity contribution in [3.63, 3.8) is 0 Å². The first kappa shape index (κ1) is 22.8. The molecule has 0 aromatic rings. The molecule has 0 aliphatic rings. The van der Waals surface area contributed by atoms with Crippen molar-refractivity contribution in [3.8, 4) is 0 Å². The summed E-state index contributed by atoms with van der Waals surface area (Å²) >= 11 is 0. The van der Waals surface area contributed by atoms with Gasteiger partial charge in [-0.2, -0.15) is 8.42 Å². The number of carbonyl (C=O) groups excluding carboxylic acids is 3. The largest absolute Gasteiger partial charge is 0.461 e. The molecule has 0 spiro atoms. The molecule has 0 aliphatic carbocycles. The van der Waals surface area contributed by atoms with Gasteiger partial charge in [0.2, 0.25) is 5.94 Å². The lowest BCUT2D eigenvalue weighted by atomic mass is 9.87. The second-order valence-corrected chi connectivity index (χ2v) is 6.88. The standard InChI is InChI=1S/C15H22O9S/c1-6-15(7-22-12(16)10(2)3,8-23-13(17)11(4)5)14(18)24-9-25(19,20)21/h2,4,6-9H2,1,3,5H3,(H,19,20,21). The molecule has 0 aliphatic heterocycles. The van der Waals surface area contributed by atoms with Crippen LogP contribution in [-0.4, -0.2) is 50.0 Å². The van der Waals surface area contributed by atoms with Gasteiger partial charge in [-0.25, -0.2) is 9.59 Å². The van der Waals surface area contributed by atoms with Crippen LogP contribution in [-0.2, 0) is 38.7 Å². The predicted molar refractivity (Wildman–Crippen MR) is 86.8 cm³/mol. The summed E-state index contributed by atoms with van der Waals surface area (Å²) in [5.41, 5.74) is -1.49. The minimum Gasteiger partial charge on any atom is -0.461 e. The van der Waals surface area contributed by atoms with Gasteiger partial charge in [0.25, 0.3) is 0 Å². The zero-order chi connectivity index (χ0) is 19.8. The van der Waals surface area contributed by atoms with E-state index < -0.39 is 52.6 Å². The monoisotopic (exact) mass is 378 g/mol. The van der Waals surface area contributed by atoms with E-state index in [0.29, 0.717) is 0 Å². The molecule has 0 fully saturated rings. The van der Waals surface area contributed by atoms with Gasteiger partial charge in [0.05, 0.1) is 0 Å². The molecule has 0 atom stereocenters. The Labute approximate surface area is 146 Å². The van der Waals surface area contributed by atoms with Crippen LogP contribution in [0.2, 0.25) is 0 Å². The van der Waals surface area contributed by atoms with Crippen molar-refractivity contribution in [1.29, 1.82) is 0 Å². The molecule has 0 saturated carbocycles. The third-order valence-corrected chi connectivity index (χ3v) is 3.52. The normalized spacial score (nSPS) is 11.4. The van der Waals surface area contributed by atoms with Gasteiger partial charge in [0.1, 0.15) is 18.6 Å². The Morgan fingerprint density at radius 1 is 0.960 bits per heavy atom. The molecular weight excluding hydrogens is 356 g/mol. The molecule has 0 amide bonds. The van der Waals surface area contributed by atoms with Crippen molar-refractivity contribution < 1.29 is 41.6 Å². The smallest absolute Gasteiger partial charge is 0.333 e. The lowest BCUT2D eigenvalue weighted by Crippen LogP contribution is -2.43. The van der Waals surface area contributed by atoms with Gasteiger partial charge < -0.3 is 14.2 Å². The van der Waals surface area contributed by atoms with Crippen LogP contribution in [0.3, 0.4) is 0 Å². The summed E-state index contributed by atoms with van der Waals surface area (Å²) in [5.74, 6) is -3.97. The lowest BCUT2D eigenvalue weighted by molar-refractivity contribution is -0.169.